The number of nitrogens with zero attached hydrogens (tertiary/aromatic N) is 1. The number of rotatable bonds is 8. The summed E-state index contributed by atoms with van der Waals surface area (Å²) in [6, 6.07) is 21.3. The quantitative estimate of drug-likeness (QED) is 0.295. The normalized spacial score (nSPS) is 11.6. The number of methoxy groups -OCH3 is 1. The average Bonchev–Trinajstić information content (AvgIpc) is 3.20. The van der Waals surface area contributed by atoms with Gasteiger partial charge in [0.15, 0.2) is 16.1 Å². The molecule has 0 aliphatic heterocycles. The molecule has 1 amide bonds. The van der Waals surface area contributed by atoms with E-state index in [2.05, 4.69) is 15.0 Å². The number of phenols is 1. The van der Waals surface area contributed by atoms with E-state index in [1.165, 1.54) is 30.6 Å². The summed E-state index contributed by atoms with van der Waals surface area (Å²) in [5.74, 6) is 0.469. The number of carbonyl (C=O) groups is 1. The maximum absolute atomic E-state index is 13.1. The van der Waals surface area contributed by atoms with Gasteiger partial charge in [-0.15, -0.1) is 0 Å². The van der Waals surface area contributed by atoms with Gasteiger partial charge in [-0.25, -0.2) is 9.19 Å². The van der Waals surface area contributed by atoms with E-state index >= 15 is 0 Å². The van der Waals surface area contributed by atoms with Crippen molar-refractivity contribution in [3.63, 3.8) is 0 Å². The van der Waals surface area contributed by atoms with E-state index in [9.17, 15) is 14.1 Å². The van der Waals surface area contributed by atoms with Crippen LogP contribution in [0.1, 0.15) is 11.3 Å². The van der Waals surface area contributed by atoms with Gasteiger partial charge in [0.25, 0.3) is 0 Å². The third kappa shape index (κ3) is 5.62. The first-order chi connectivity index (χ1) is 16.4. The topological polar surface area (TPSA) is 101 Å². The molecule has 4 rings (SSSR count). The predicted molar refractivity (Wildman–Crippen MR) is 136 cm³/mol. The zero-order valence-electron chi connectivity index (χ0n) is 18.6. The van der Waals surface area contributed by atoms with Crippen LogP contribution in [0, 0.1) is 6.92 Å². The monoisotopic (exact) mass is 493 g/mol. The molecule has 0 fully saturated rings. The first-order valence-corrected chi connectivity index (χ1v) is 12.4. The van der Waals surface area contributed by atoms with Crippen molar-refractivity contribution in [2.24, 2.45) is 0 Å². The number of aromatic hydroxyl groups is 1. The van der Waals surface area contributed by atoms with Crippen LogP contribution in [0.3, 0.4) is 0 Å². The van der Waals surface area contributed by atoms with Crippen LogP contribution in [-0.4, -0.2) is 27.3 Å². The molecule has 3 aromatic carbocycles. The molecule has 34 heavy (non-hydrogen) atoms. The Kier molecular flexibility index (Phi) is 7.24. The highest BCUT2D eigenvalue weighted by Crippen LogP contribution is 2.36. The Morgan fingerprint density at radius 1 is 1.09 bits per heavy atom. The number of phenolic OH excluding ortho intramolecular Hbond substituents is 1. The standard InChI is InChI=1S/C25H23N3O4S2/c1-16-24(33-25(26-16)27-23(30)14-17-6-4-3-5-7-17)18-8-13-21(32-2)22(15-18)34(31)28-19-9-11-20(29)12-10-19/h3-13,15,28-29H,14H2,1-2H3,(H,26,27,30). The molecule has 1 heterocycles. The van der Waals surface area contributed by atoms with Crippen LogP contribution >= 0.6 is 11.3 Å². The van der Waals surface area contributed by atoms with Crippen molar-refractivity contribution in [2.45, 2.75) is 18.2 Å². The number of hydrogen-bond donors (Lipinski definition) is 3. The van der Waals surface area contributed by atoms with E-state index in [4.69, 9.17) is 4.74 Å². The summed E-state index contributed by atoms with van der Waals surface area (Å²) in [5, 5.41) is 12.8. The first kappa shape index (κ1) is 23.5. The lowest BCUT2D eigenvalue weighted by Crippen LogP contribution is -2.14. The van der Waals surface area contributed by atoms with Crippen LogP contribution in [0.5, 0.6) is 11.5 Å². The van der Waals surface area contributed by atoms with Gasteiger partial charge in [-0.1, -0.05) is 41.7 Å². The molecule has 0 radical (unpaired) electrons. The fourth-order valence-electron chi connectivity index (χ4n) is 3.32. The van der Waals surface area contributed by atoms with Crippen molar-refractivity contribution < 1.29 is 18.8 Å². The zero-order valence-corrected chi connectivity index (χ0v) is 20.2. The van der Waals surface area contributed by atoms with Crippen LogP contribution < -0.4 is 14.8 Å². The Balaban J connectivity index is 1.54. The Morgan fingerprint density at radius 3 is 2.53 bits per heavy atom. The van der Waals surface area contributed by atoms with Gasteiger partial charge < -0.3 is 19.9 Å². The minimum Gasteiger partial charge on any atom is -0.508 e. The van der Waals surface area contributed by atoms with Crippen molar-refractivity contribution >= 4 is 39.0 Å². The van der Waals surface area contributed by atoms with Gasteiger partial charge >= 0.3 is 0 Å². The Labute approximate surface area is 204 Å². The summed E-state index contributed by atoms with van der Waals surface area (Å²) in [5.41, 5.74) is 3.10. The molecule has 0 aliphatic rings. The Hall–Kier alpha value is -3.69. The van der Waals surface area contributed by atoms with Crippen molar-refractivity contribution in [3.8, 4) is 21.9 Å². The molecule has 1 aromatic heterocycles. The highest BCUT2D eigenvalue weighted by atomic mass is 32.2. The SMILES string of the molecule is COc1ccc(-c2sc(NC(=O)Cc3ccccc3)nc2C)cc1S(=O)Nc1ccc(O)cc1. The second-order valence-electron chi connectivity index (χ2n) is 7.43. The van der Waals surface area contributed by atoms with Crippen LogP contribution in [0.15, 0.2) is 77.7 Å². The molecule has 3 N–H and O–H groups in total. The van der Waals surface area contributed by atoms with Crippen molar-refractivity contribution in [1.82, 2.24) is 4.98 Å². The maximum atomic E-state index is 13.1. The van der Waals surface area contributed by atoms with Crippen molar-refractivity contribution in [2.75, 3.05) is 17.1 Å². The van der Waals surface area contributed by atoms with E-state index < -0.39 is 11.0 Å². The maximum Gasteiger partial charge on any atom is 0.230 e. The largest absolute Gasteiger partial charge is 0.508 e. The van der Waals surface area contributed by atoms with Gasteiger partial charge in [-0.3, -0.25) is 4.79 Å². The number of thiazole rings is 1. The van der Waals surface area contributed by atoms with Crippen LogP contribution in [0.25, 0.3) is 10.4 Å². The molecule has 0 saturated carbocycles. The fourth-order valence-corrected chi connectivity index (χ4v) is 5.32. The van der Waals surface area contributed by atoms with Gasteiger partial charge in [0.1, 0.15) is 16.4 Å². The molecule has 1 unspecified atom stereocenters. The van der Waals surface area contributed by atoms with Crippen LogP contribution in [0.2, 0.25) is 0 Å². The van der Waals surface area contributed by atoms with Crippen LogP contribution in [-0.2, 0) is 22.2 Å². The molecular weight excluding hydrogens is 470 g/mol. The number of hydrogen-bond acceptors (Lipinski definition) is 6. The molecular formula is C25H23N3O4S2. The number of carbonyl (C=O) groups excluding carboxylic acids is 1. The number of aromatic nitrogens is 1. The molecule has 174 valence electrons. The lowest BCUT2D eigenvalue weighted by molar-refractivity contribution is -0.115. The highest BCUT2D eigenvalue weighted by molar-refractivity contribution is 7.86. The highest BCUT2D eigenvalue weighted by Gasteiger charge is 2.17. The number of aryl methyl sites for hydroxylation is 1. The average molecular weight is 494 g/mol. The minimum absolute atomic E-state index is 0.128. The van der Waals surface area contributed by atoms with Gasteiger partial charge in [-0.05, 0) is 60.5 Å². The summed E-state index contributed by atoms with van der Waals surface area (Å²) < 4.78 is 21.4. The number of amides is 1. The van der Waals surface area contributed by atoms with E-state index in [1.807, 2.05) is 43.3 Å². The predicted octanol–water partition coefficient (Wildman–Crippen LogP) is 5.15. The molecule has 1 atom stereocenters. The smallest absolute Gasteiger partial charge is 0.230 e. The van der Waals surface area contributed by atoms with Gasteiger partial charge in [-0.2, -0.15) is 0 Å². The van der Waals surface area contributed by atoms with Crippen molar-refractivity contribution in [1.29, 1.82) is 0 Å². The summed E-state index contributed by atoms with van der Waals surface area (Å²) >= 11 is 1.36. The lowest BCUT2D eigenvalue weighted by atomic mass is 10.1. The molecule has 0 bridgehead atoms. The number of anilines is 2. The van der Waals surface area contributed by atoms with Crippen LogP contribution in [0.4, 0.5) is 10.8 Å². The lowest BCUT2D eigenvalue weighted by Gasteiger charge is -2.12. The van der Waals surface area contributed by atoms with E-state index in [1.54, 1.807) is 24.3 Å². The third-order valence-electron chi connectivity index (χ3n) is 4.95. The van der Waals surface area contributed by atoms with Gasteiger partial charge in [0.2, 0.25) is 5.91 Å². The Morgan fingerprint density at radius 2 is 1.82 bits per heavy atom. The third-order valence-corrected chi connectivity index (χ3v) is 7.22. The second-order valence-corrected chi connectivity index (χ2v) is 9.61. The molecule has 0 aliphatic carbocycles. The molecule has 9 heteroatoms. The first-order valence-electron chi connectivity index (χ1n) is 10.4. The summed E-state index contributed by atoms with van der Waals surface area (Å²) in [6.07, 6.45) is 0.267. The molecule has 0 saturated heterocycles. The van der Waals surface area contributed by atoms with Crippen molar-refractivity contribution in [3.05, 3.63) is 84.1 Å². The zero-order chi connectivity index (χ0) is 24.1. The molecule has 0 spiro atoms. The summed E-state index contributed by atoms with van der Waals surface area (Å²) in [4.78, 5) is 18.3. The minimum atomic E-state index is -1.61. The Bertz CT molecular complexity index is 1320. The fraction of sp³-hybridized carbons (Fsp3) is 0.120. The number of nitrogens with one attached hydrogen (secondary N) is 2. The second kappa shape index (κ2) is 10.5. The van der Waals surface area contributed by atoms with E-state index in [-0.39, 0.29) is 18.1 Å². The van der Waals surface area contributed by atoms with E-state index in [0.717, 1.165) is 21.7 Å². The molecule has 4 aromatic rings. The van der Waals surface area contributed by atoms with Gasteiger partial charge in [0, 0.05) is 5.69 Å². The summed E-state index contributed by atoms with van der Waals surface area (Å²) in [7, 11) is -0.0878. The molecule has 7 nitrogen and oxygen atoms in total. The van der Waals surface area contributed by atoms with E-state index in [0.29, 0.717) is 21.5 Å². The summed E-state index contributed by atoms with van der Waals surface area (Å²) in [6.45, 7) is 1.87. The van der Waals surface area contributed by atoms with Gasteiger partial charge in [0.05, 0.1) is 24.1 Å². The number of ether oxygens (including phenoxy) is 1. The number of benzene rings is 3.